The van der Waals surface area contributed by atoms with Gasteiger partial charge in [0.1, 0.15) is 18.9 Å². The van der Waals surface area contributed by atoms with Gasteiger partial charge in [0.2, 0.25) is 0 Å². The van der Waals surface area contributed by atoms with E-state index in [1.807, 2.05) is 25.1 Å². The van der Waals surface area contributed by atoms with E-state index in [9.17, 15) is 9.59 Å². The summed E-state index contributed by atoms with van der Waals surface area (Å²) in [6, 6.07) is 7.99. The first-order valence-corrected chi connectivity index (χ1v) is 7.44. The minimum atomic E-state index is -1.13. The van der Waals surface area contributed by atoms with Gasteiger partial charge in [-0.15, -0.1) is 0 Å². The summed E-state index contributed by atoms with van der Waals surface area (Å²) in [4.78, 5) is 26.8. The Morgan fingerprint density at radius 3 is 2.58 bits per heavy atom. The average Bonchev–Trinajstić information content (AvgIpc) is 2.61. The van der Waals surface area contributed by atoms with Crippen LogP contribution in [-0.4, -0.2) is 35.2 Å². The topological polar surface area (TPSA) is 97.8 Å². The fourth-order valence-electron chi connectivity index (χ4n) is 2.35. The van der Waals surface area contributed by atoms with Crippen molar-refractivity contribution in [3.63, 3.8) is 0 Å². The Kier molecular flexibility index (Phi) is 4.33. The van der Waals surface area contributed by atoms with Crippen LogP contribution < -0.4 is 14.8 Å². The van der Waals surface area contributed by atoms with Crippen LogP contribution in [0.25, 0.3) is 0 Å². The molecule has 7 heteroatoms. The molecule has 1 aromatic carbocycles. The average molecular weight is 328 g/mol. The molecule has 1 aliphatic rings. The maximum absolute atomic E-state index is 12.2. The van der Waals surface area contributed by atoms with Crippen molar-refractivity contribution in [1.82, 2.24) is 10.3 Å². The van der Waals surface area contributed by atoms with Crippen LogP contribution in [0.2, 0.25) is 0 Å². The highest BCUT2D eigenvalue weighted by molar-refractivity contribution is 5.95. The molecule has 1 amide bonds. The first-order valence-electron chi connectivity index (χ1n) is 7.44. The summed E-state index contributed by atoms with van der Waals surface area (Å²) in [5.41, 5.74) is 1.07. The number of carbonyl (C=O) groups is 2. The lowest BCUT2D eigenvalue weighted by Crippen LogP contribution is -2.27. The minimum absolute atomic E-state index is 0.105. The number of fused-ring (bicyclic) bond motifs is 1. The molecule has 0 radical (unpaired) electrons. The molecule has 0 bridgehead atoms. The molecule has 1 aliphatic heterocycles. The Balaban J connectivity index is 1.70. The zero-order valence-corrected chi connectivity index (χ0v) is 13.0. The predicted octanol–water partition coefficient (Wildman–Crippen LogP) is 2.04. The van der Waals surface area contributed by atoms with Gasteiger partial charge in [-0.3, -0.25) is 4.79 Å². The van der Waals surface area contributed by atoms with E-state index in [0.717, 1.165) is 5.56 Å². The highest BCUT2D eigenvalue weighted by Crippen LogP contribution is 2.32. The van der Waals surface area contributed by atoms with Gasteiger partial charge in [0, 0.05) is 6.20 Å². The zero-order chi connectivity index (χ0) is 17.1. The van der Waals surface area contributed by atoms with Crippen molar-refractivity contribution in [2.24, 2.45) is 0 Å². The third-order valence-electron chi connectivity index (χ3n) is 3.66. The number of rotatable bonds is 4. The number of carboxylic acid groups (broad SMARTS) is 1. The molecule has 124 valence electrons. The van der Waals surface area contributed by atoms with Crippen molar-refractivity contribution in [1.29, 1.82) is 0 Å². The first-order chi connectivity index (χ1) is 11.5. The van der Waals surface area contributed by atoms with E-state index in [1.165, 1.54) is 18.3 Å². The number of hydrogen-bond donors (Lipinski definition) is 2. The summed E-state index contributed by atoms with van der Waals surface area (Å²) in [6.07, 6.45) is 1.25. The number of amides is 1. The van der Waals surface area contributed by atoms with Crippen molar-refractivity contribution in [3.8, 4) is 11.5 Å². The van der Waals surface area contributed by atoms with E-state index in [4.69, 9.17) is 14.6 Å². The van der Waals surface area contributed by atoms with Crippen LogP contribution in [0.3, 0.4) is 0 Å². The van der Waals surface area contributed by atoms with Crippen LogP contribution in [0.5, 0.6) is 11.5 Å². The maximum Gasteiger partial charge on any atom is 0.354 e. The van der Waals surface area contributed by atoms with E-state index < -0.39 is 5.97 Å². The second kappa shape index (κ2) is 6.57. The lowest BCUT2D eigenvalue weighted by Gasteiger charge is -2.21. The number of aromatic carboxylic acids is 1. The highest BCUT2D eigenvalue weighted by Gasteiger charge is 2.17. The van der Waals surface area contributed by atoms with Crippen LogP contribution in [-0.2, 0) is 0 Å². The third kappa shape index (κ3) is 3.29. The number of pyridine rings is 1. The number of carboxylic acids is 1. The molecule has 2 N–H and O–H groups in total. The third-order valence-corrected chi connectivity index (χ3v) is 3.66. The number of nitrogens with one attached hydrogen (secondary N) is 1. The van der Waals surface area contributed by atoms with Crippen molar-refractivity contribution in [3.05, 3.63) is 53.3 Å². The molecular weight excluding hydrogens is 312 g/mol. The highest BCUT2D eigenvalue weighted by atomic mass is 16.6. The predicted molar refractivity (Wildman–Crippen MR) is 84.5 cm³/mol. The normalized spacial score (nSPS) is 13.9. The Hall–Kier alpha value is -3.09. The number of nitrogens with zero attached hydrogens (tertiary/aromatic N) is 1. The second-order valence-electron chi connectivity index (χ2n) is 5.34. The molecule has 1 unspecified atom stereocenters. The second-order valence-corrected chi connectivity index (χ2v) is 5.34. The number of ether oxygens (including phenoxy) is 2. The molecular formula is C17H16N2O5. The van der Waals surface area contributed by atoms with Gasteiger partial charge in [0.25, 0.3) is 5.91 Å². The van der Waals surface area contributed by atoms with Crippen LogP contribution >= 0.6 is 0 Å². The molecule has 0 spiro atoms. The number of hydrogen-bond acceptors (Lipinski definition) is 5. The lowest BCUT2D eigenvalue weighted by molar-refractivity contribution is 0.0689. The van der Waals surface area contributed by atoms with Crippen LogP contribution in [0.1, 0.15) is 39.4 Å². The van der Waals surface area contributed by atoms with Crippen molar-refractivity contribution >= 4 is 11.9 Å². The van der Waals surface area contributed by atoms with Gasteiger partial charge >= 0.3 is 5.97 Å². The van der Waals surface area contributed by atoms with E-state index in [-0.39, 0.29) is 17.6 Å². The monoisotopic (exact) mass is 328 g/mol. The zero-order valence-electron chi connectivity index (χ0n) is 13.0. The summed E-state index contributed by atoms with van der Waals surface area (Å²) in [7, 11) is 0. The molecule has 0 saturated heterocycles. The molecule has 0 aliphatic carbocycles. The molecule has 0 fully saturated rings. The molecule has 1 aromatic heterocycles. The lowest BCUT2D eigenvalue weighted by atomic mass is 10.1. The standard InChI is InChI=1S/C17H16N2O5/c1-10(11-3-5-14-15(8-11)24-7-6-23-14)19-16(20)12-2-4-13(17(21)22)18-9-12/h2-5,8-10H,6-7H2,1H3,(H,19,20)(H,21,22). The van der Waals surface area contributed by atoms with E-state index in [1.54, 1.807) is 0 Å². The Morgan fingerprint density at radius 1 is 1.17 bits per heavy atom. The quantitative estimate of drug-likeness (QED) is 0.891. The first kappa shape index (κ1) is 15.8. The number of benzene rings is 1. The fourth-order valence-corrected chi connectivity index (χ4v) is 2.35. The number of carbonyl (C=O) groups excluding carboxylic acids is 1. The van der Waals surface area contributed by atoms with E-state index in [0.29, 0.717) is 30.3 Å². The molecule has 7 nitrogen and oxygen atoms in total. The van der Waals surface area contributed by atoms with Crippen LogP contribution in [0.4, 0.5) is 0 Å². The summed E-state index contributed by atoms with van der Waals surface area (Å²) >= 11 is 0. The Morgan fingerprint density at radius 2 is 1.92 bits per heavy atom. The summed E-state index contributed by atoms with van der Waals surface area (Å²) < 4.78 is 11.0. The maximum atomic E-state index is 12.2. The molecule has 2 heterocycles. The summed E-state index contributed by atoms with van der Waals surface area (Å²) in [5.74, 6) is -0.113. The largest absolute Gasteiger partial charge is 0.486 e. The van der Waals surface area contributed by atoms with Crippen LogP contribution in [0, 0.1) is 0 Å². The minimum Gasteiger partial charge on any atom is -0.486 e. The van der Waals surface area contributed by atoms with Gasteiger partial charge in [-0.05, 0) is 36.8 Å². The Bertz CT molecular complexity index is 773. The smallest absolute Gasteiger partial charge is 0.354 e. The molecule has 0 saturated carbocycles. The number of aromatic nitrogens is 1. The van der Waals surface area contributed by atoms with Gasteiger partial charge in [0.05, 0.1) is 11.6 Å². The van der Waals surface area contributed by atoms with E-state index in [2.05, 4.69) is 10.3 Å². The Labute approximate surface area is 138 Å². The summed E-state index contributed by atoms with van der Waals surface area (Å²) in [5, 5.41) is 11.7. The fraction of sp³-hybridized carbons (Fsp3) is 0.235. The summed E-state index contributed by atoms with van der Waals surface area (Å²) in [6.45, 7) is 2.87. The van der Waals surface area contributed by atoms with Crippen molar-refractivity contribution < 1.29 is 24.2 Å². The molecule has 2 aromatic rings. The van der Waals surface area contributed by atoms with Gasteiger partial charge in [-0.2, -0.15) is 0 Å². The van der Waals surface area contributed by atoms with Gasteiger partial charge in [0.15, 0.2) is 11.5 Å². The molecule has 3 rings (SSSR count). The SMILES string of the molecule is CC(NC(=O)c1ccc(C(=O)O)nc1)c1ccc2c(c1)OCCO2. The van der Waals surface area contributed by atoms with Gasteiger partial charge in [-0.25, -0.2) is 9.78 Å². The van der Waals surface area contributed by atoms with Crippen molar-refractivity contribution in [2.45, 2.75) is 13.0 Å². The molecule has 1 atom stereocenters. The van der Waals surface area contributed by atoms with Gasteiger partial charge < -0.3 is 19.9 Å². The van der Waals surface area contributed by atoms with Crippen LogP contribution in [0.15, 0.2) is 36.5 Å². The van der Waals surface area contributed by atoms with Gasteiger partial charge in [-0.1, -0.05) is 6.07 Å². The molecule has 24 heavy (non-hydrogen) atoms. The van der Waals surface area contributed by atoms with Crippen molar-refractivity contribution in [2.75, 3.05) is 13.2 Å². The van der Waals surface area contributed by atoms with E-state index >= 15 is 0 Å².